The van der Waals surface area contributed by atoms with Crippen LogP contribution >= 0.6 is 11.6 Å². The molecule has 2 aliphatic rings. The molecule has 2 saturated carbocycles. The van der Waals surface area contributed by atoms with E-state index in [9.17, 15) is 9.59 Å². The second kappa shape index (κ2) is 2.51. The predicted molar refractivity (Wildman–Crippen MR) is 51.0 cm³/mol. The summed E-state index contributed by atoms with van der Waals surface area (Å²) >= 11 is 6.15. The van der Waals surface area contributed by atoms with Crippen molar-refractivity contribution in [2.24, 2.45) is 17.3 Å². The Bertz CT molecular complexity index is 323. The molecule has 3 atom stereocenters. The monoisotopic (exact) mass is 216 g/mol. The third-order valence-corrected chi connectivity index (χ3v) is 4.07. The molecule has 0 aromatic carbocycles. The lowest BCUT2D eigenvalue weighted by Crippen LogP contribution is -2.31. The standard InChI is InChI=1S/C10H13ClO3/c1-9(2)4-5(12)6-7(9)10(6,11)8(13)14-3/h6-7H,4H2,1-3H3/t6-,7+,10+/m0/s1. The first kappa shape index (κ1) is 9.97. The highest BCUT2D eigenvalue weighted by Crippen LogP contribution is 2.70. The van der Waals surface area contributed by atoms with Gasteiger partial charge in [0.1, 0.15) is 5.78 Å². The summed E-state index contributed by atoms with van der Waals surface area (Å²) in [6.45, 7) is 3.95. The van der Waals surface area contributed by atoms with Crippen molar-refractivity contribution in [1.82, 2.24) is 0 Å². The van der Waals surface area contributed by atoms with Crippen molar-refractivity contribution >= 4 is 23.4 Å². The first-order valence-corrected chi connectivity index (χ1v) is 5.03. The van der Waals surface area contributed by atoms with Crippen molar-refractivity contribution in [2.75, 3.05) is 7.11 Å². The second-order valence-corrected chi connectivity index (χ2v) is 5.47. The molecule has 0 aliphatic heterocycles. The largest absolute Gasteiger partial charge is 0.468 e. The molecule has 0 N–H and O–H groups in total. The molecule has 2 rings (SSSR count). The van der Waals surface area contributed by atoms with E-state index in [1.165, 1.54) is 7.11 Å². The highest BCUT2D eigenvalue weighted by atomic mass is 35.5. The molecule has 0 unspecified atom stereocenters. The maximum Gasteiger partial charge on any atom is 0.328 e. The number of ketones is 1. The number of fused-ring (bicyclic) bond motifs is 1. The molecule has 0 aromatic heterocycles. The summed E-state index contributed by atoms with van der Waals surface area (Å²) in [5.41, 5.74) is -0.169. The molecule has 4 heteroatoms. The van der Waals surface area contributed by atoms with Gasteiger partial charge in [-0.05, 0) is 5.41 Å². The summed E-state index contributed by atoms with van der Waals surface area (Å²) in [5.74, 6) is -0.723. The number of carbonyl (C=O) groups is 2. The minimum Gasteiger partial charge on any atom is -0.468 e. The van der Waals surface area contributed by atoms with Gasteiger partial charge in [-0.25, -0.2) is 0 Å². The Morgan fingerprint density at radius 1 is 1.57 bits per heavy atom. The lowest BCUT2D eigenvalue weighted by atomic mass is 9.85. The molecule has 0 radical (unpaired) electrons. The van der Waals surface area contributed by atoms with Crippen LogP contribution in [0.4, 0.5) is 0 Å². The molecule has 0 amide bonds. The van der Waals surface area contributed by atoms with Crippen LogP contribution < -0.4 is 0 Å². The van der Waals surface area contributed by atoms with E-state index in [-0.39, 0.29) is 23.0 Å². The van der Waals surface area contributed by atoms with Gasteiger partial charge >= 0.3 is 5.97 Å². The van der Waals surface area contributed by atoms with Gasteiger partial charge in [-0.15, -0.1) is 11.6 Å². The van der Waals surface area contributed by atoms with E-state index < -0.39 is 10.8 Å². The fourth-order valence-electron chi connectivity index (χ4n) is 2.88. The summed E-state index contributed by atoms with van der Waals surface area (Å²) in [7, 11) is 1.30. The molecular weight excluding hydrogens is 204 g/mol. The van der Waals surface area contributed by atoms with Crippen LogP contribution in [0.2, 0.25) is 0 Å². The van der Waals surface area contributed by atoms with Gasteiger partial charge in [-0.3, -0.25) is 9.59 Å². The molecule has 0 heterocycles. The Hall–Kier alpha value is -0.570. The number of carbonyl (C=O) groups excluding carboxylic acids is 2. The van der Waals surface area contributed by atoms with Crippen molar-refractivity contribution in [3.05, 3.63) is 0 Å². The maximum atomic E-state index is 11.6. The van der Waals surface area contributed by atoms with Crippen LogP contribution in [0.5, 0.6) is 0 Å². The lowest BCUT2D eigenvalue weighted by molar-refractivity contribution is -0.143. The van der Waals surface area contributed by atoms with Gasteiger partial charge in [-0.1, -0.05) is 13.8 Å². The van der Waals surface area contributed by atoms with Gasteiger partial charge in [0.15, 0.2) is 4.87 Å². The van der Waals surface area contributed by atoms with Crippen LogP contribution in [0.3, 0.4) is 0 Å². The van der Waals surface area contributed by atoms with Crippen LogP contribution in [0.25, 0.3) is 0 Å². The molecule has 0 saturated heterocycles. The van der Waals surface area contributed by atoms with Crippen molar-refractivity contribution in [3.8, 4) is 0 Å². The second-order valence-electron chi connectivity index (χ2n) is 4.85. The highest BCUT2D eigenvalue weighted by molar-refractivity contribution is 6.40. The van der Waals surface area contributed by atoms with E-state index in [1.54, 1.807) is 0 Å². The summed E-state index contributed by atoms with van der Waals surface area (Å²) in [6, 6.07) is 0. The Labute approximate surface area is 87.8 Å². The summed E-state index contributed by atoms with van der Waals surface area (Å²) in [6.07, 6.45) is 0.522. The normalized spacial score (nSPS) is 43.3. The van der Waals surface area contributed by atoms with Crippen LogP contribution in [-0.2, 0) is 14.3 Å². The fraction of sp³-hybridized carbons (Fsp3) is 0.800. The van der Waals surface area contributed by atoms with Gasteiger partial charge in [0, 0.05) is 12.3 Å². The third kappa shape index (κ3) is 0.937. The topological polar surface area (TPSA) is 43.4 Å². The Kier molecular flexibility index (Phi) is 1.79. The van der Waals surface area contributed by atoms with E-state index in [2.05, 4.69) is 4.74 Å². The molecule has 0 aromatic rings. The average Bonchev–Trinajstić information content (AvgIpc) is 2.63. The lowest BCUT2D eigenvalue weighted by Gasteiger charge is -2.22. The first-order valence-electron chi connectivity index (χ1n) is 4.65. The quantitative estimate of drug-likeness (QED) is 0.491. The average molecular weight is 217 g/mol. The summed E-state index contributed by atoms with van der Waals surface area (Å²) in [5, 5.41) is 0. The van der Waals surface area contributed by atoms with Crippen molar-refractivity contribution in [1.29, 1.82) is 0 Å². The number of Topliss-reactive ketones (excluding diaryl/α,β-unsaturated/α-hetero) is 1. The van der Waals surface area contributed by atoms with Gasteiger partial charge in [0.2, 0.25) is 0 Å². The molecule has 78 valence electrons. The number of esters is 1. The molecule has 14 heavy (non-hydrogen) atoms. The Morgan fingerprint density at radius 2 is 2.14 bits per heavy atom. The minimum absolute atomic E-state index is 0.0448. The molecule has 0 spiro atoms. The van der Waals surface area contributed by atoms with Gasteiger partial charge in [-0.2, -0.15) is 0 Å². The van der Waals surface area contributed by atoms with E-state index in [0.29, 0.717) is 6.42 Å². The summed E-state index contributed by atoms with van der Waals surface area (Å²) < 4.78 is 4.63. The molecular formula is C10H13ClO3. The third-order valence-electron chi connectivity index (χ3n) is 3.45. The number of ether oxygens (including phenoxy) is 1. The zero-order valence-corrected chi connectivity index (χ0v) is 9.22. The van der Waals surface area contributed by atoms with Crippen molar-refractivity contribution in [2.45, 2.75) is 25.1 Å². The van der Waals surface area contributed by atoms with Crippen LogP contribution in [0, 0.1) is 17.3 Å². The fourth-order valence-corrected chi connectivity index (χ4v) is 3.56. The maximum absolute atomic E-state index is 11.6. The van der Waals surface area contributed by atoms with Crippen molar-refractivity contribution in [3.63, 3.8) is 0 Å². The SMILES string of the molecule is COC(=O)[C@]1(Cl)[C@@H]2[C@@H]1C(=O)CC2(C)C. The Balaban J connectivity index is 2.31. The van der Waals surface area contributed by atoms with Gasteiger partial charge in [0.25, 0.3) is 0 Å². The van der Waals surface area contributed by atoms with Gasteiger partial charge < -0.3 is 4.74 Å². The van der Waals surface area contributed by atoms with Gasteiger partial charge in [0.05, 0.1) is 13.0 Å². The zero-order chi connectivity index (χ0) is 10.7. The number of hydrogen-bond acceptors (Lipinski definition) is 3. The highest BCUT2D eigenvalue weighted by Gasteiger charge is 2.80. The smallest absolute Gasteiger partial charge is 0.328 e. The minimum atomic E-state index is -1.06. The number of hydrogen-bond donors (Lipinski definition) is 0. The predicted octanol–water partition coefficient (Wildman–Crippen LogP) is 1.38. The van der Waals surface area contributed by atoms with E-state index in [4.69, 9.17) is 11.6 Å². The van der Waals surface area contributed by atoms with Crippen LogP contribution in [0.1, 0.15) is 20.3 Å². The van der Waals surface area contributed by atoms with E-state index in [0.717, 1.165) is 0 Å². The first-order chi connectivity index (χ1) is 6.35. The number of halogens is 1. The zero-order valence-electron chi connectivity index (χ0n) is 8.46. The molecule has 0 bridgehead atoms. The molecule has 2 fully saturated rings. The number of methoxy groups -OCH3 is 1. The molecule has 2 aliphatic carbocycles. The number of rotatable bonds is 1. The van der Waals surface area contributed by atoms with E-state index in [1.807, 2.05) is 13.8 Å². The molecule has 3 nitrogen and oxygen atoms in total. The van der Waals surface area contributed by atoms with Crippen molar-refractivity contribution < 1.29 is 14.3 Å². The van der Waals surface area contributed by atoms with Crippen LogP contribution in [0.15, 0.2) is 0 Å². The van der Waals surface area contributed by atoms with Crippen LogP contribution in [-0.4, -0.2) is 23.7 Å². The summed E-state index contributed by atoms with van der Waals surface area (Å²) in [4.78, 5) is 21.9. The number of alkyl halides is 1. The van der Waals surface area contributed by atoms with E-state index >= 15 is 0 Å². The Morgan fingerprint density at radius 3 is 2.50 bits per heavy atom.